The summed E-state index contributed by atoms with van der Waals surface area (Å²) in [5, 5.41) is 10.4. The number of hydrogen-bond acceptors (Lipinski definition) is 3. The molecule has 60 valence electrons. The zero-order chi connectivity index (χ0) is 7.40. The summed E-state index contributed by atoms with van der Waals surface area (Å²) in [6.45, 7) is 2.36. The Labute approximate surface area is 61.8 Å². The first-order valence-corrected chi connectivity index (χ1v) is 3.93. The molecule has 0 spiro atoms. The minimum atomic E-state index is 0.321. The lowest BCUT2D eigenvalue weighted by atomic mass is 10.0. The lowest BCUT2D eigenvalue weighted by Gasteiger charge is -2.08. The second-order valence-electron chi connectivity index (χ2n) is 3.02. The van der Waals surface area contributed by atoms with Gasteiger partial charge in [-0.3, -0.25) is 5.84 Å². The summed E-state index contributed by atoms with van der Waals surface area (Å²) in [5.74, 6) is 6.30. The van der Waals surface area contributed by atoms with Gasteiger partial charge in [-0.25, -0.2) is 5.01 Å². The van der Waals surface area contributed by atoms with E-state index in [4.69, 9.17) is 10.9 Å². The van der Waals surface area contributed by atoms with Crippen molar-refractivity contribution in [3.05, 3.63) is 0 Å². The minimum absolute atomic E-state index is 0.321. The van der Waals surface area contributed by atoms with Gasteiger partial charge in [-0.2, -0.15) is 0 Å². The summed E-state index contributed by atoms with van der Waals surface area (Å²) in [6.07, 6.45) is 3.26. The number of rotatable bonds is 3. The van der Waals surface area contributed by atoms with Crippen LogP contribution in [0.1, 0.15) is 19.3 Å². The normalized spacial score (nSPS) is 27.6. The predicted octanol–water partition coefficient (Wildman–Crippen LogP) is -0.0455. The Morgan fingerprint density at radius 1 is 1.60 bits per heavy atom. The molecular weight excluding hydrogens is 128 g/mol. The predicted molar refractivity (Wildman–Crippen MR) is 40.2 cm³/mol. The molecular formula is C7H16N2O. The second kappa shape index (κ2) is 3.91. The Bertz CT molecular complexity index is 97.6. The summed E-state index contributed by atoms with van der Waals surface area (Å²) < 4.78 is 0. The molecule has 0 amide bonds. The highest BCUT2D eigenvalue weighted by Crippen LogP contribution is 2.17. The maximum Gasteiger partial charge on any atom is 0.0431 e. The number of nitrogens with two attached hydrogens (primary N) is 1. The highest BCUT2D eigenvalue weighted by atomic mass is 16.2. The summed E-state index contributed by atoms with van der Waals surface area (Å²) in [5.41, 5.74) is 0. The molecule has 1 atom stereocenters. The fourth-order valence-corrected chi connectivity index (χ4v) is 1.48. The molecule has 0 aromatic heterocycles. The molecule has 0 aromatic carbocycles. The van der Waals surface area contributed by atoms with E-state index < -0.39 is 0 Å². The van der Waals surface area contributed by atoms with Gasteiger partial charge < -0.3 is 5.11 Å². The van der Waals surface area contributed by atoms with Crippen LogP contribution in [0.5, 0.6) is 0 Å². The smallest absolute Gasteiger partial charge is 0.0431 e. The maximum atomic E-state index is 8.55. The molecule has 3 nitrogen and oxygen atoms in total. The Balaban J connectivity index is 2.06. The van der Waals surface area contributed by atoms with Gasteiger partial charge >= 0.3 is 0 Å². The van der Waals surface area contributed by atoms with Crippen molar-refractivity contribution in [1.29, 1.82) is 0 Å². The standard InChI is InChI=1S/C7H16N2O/c8-9-4-3-7(6-9)2-1-5-10/h7,10H,1-6,8H2. The number of aliphatic hydroxyl groups is 1. The van der Waals surface area contributed by atoms with Crippen molar-refractivity contribution in [1.82, 2.24) is 5.01 Å². The Kier molecular flexibility index (Phi) is 3.12. The van der Waals surface area contributed by atoms with Gasteiger partial charge in [0.05, 0.1) is 0 Å². The van der Waals surface area contributed by atoms with Crippen molar-refractivity contribution in [2.24, 2.45) is 11.8 Å². The van der Waals surface area contributed by atoms with Gasteiger partial charge in [-0.15, -0.1) is 0 Å². The van der Waals surface area contributed by atoms with Gasteiger partial charge in [0.2, 0.25) is 0 Å². The first kappa shape index (κ1) is 7.98. The molecule has 1 rings (SSSR count). The fourth-order valence-electron chi connectivity index (χ4n) is 1.48. The van der Waals surface area contributed by atoms with Crippen molar-refractivity contribution in [3.8, 4) is 0 Å². The van der Waals surface area contributed by atoms with Crippen molar-refractivity contribution in [2.75, 3.05) is 19.7 Å². The number of aliphatic hydroxyl groups excluding tert-OH is 1. The van der Waals surface area contributed by atoms with Crippen molar-refractivity contribution in [3.63, 3.8) is 0 Å². The fraction of sp³-hybridized carbons (Fsp3) is 1.00. The zero-order valence-corrected chi connectivity index (χ0v) is 6.29. The highest BCUT2D eigenvalue weighted by Gasteiger charge is 2.18. The van der Waals surface area contributed by atoms with E-state index in [0.29, 0.717) is 6.61 Å². The van der Waals surface area contributed by atoms with Crippen LogP contribution in [0.3, 0.4) is 0 Å². The molecule has 0 saturated carbocycles. The van der Waals surface area contributed by atoms with Crippen LogP contribution in [0.4, 0.5) is 0 Å². The van der Waals surface area contributed by atoms with Crippen LogP contribution >= 0.6 is 0 Å². The quantitative estimate of drug-likeness (QED) is 0.546. The molecule has 10 heavy (non-hydrogen) atoms. The third-order valence-corrected chi connectivity index (χ3v) is 2.09. The molecule has 1 unspecified atom stereocenters. The third-order valence-electron chi connectivity index (χ3n) is 2.09. The van der Waals surface area contributed by atoms with E-state index in [9.17, 15) is 0 Å². The molecule has 0 aromatic rings. The van der Waals surface area contributed by atoms with Gasteiger partial charge in [0.25, 0.3) is 0 Å². The maximum absolute atomic E-state index is 8.55. The minimum Gasteiger partial charge on any atom is -0.396 e. The van der Waals surface area contributed by atoms with Crippen LogP contribution in [-0.2, 0) is 0 Å². The average molecular weight is 144 g/mol. The molecule has 3 N–H and O–H groups in total. The Morgan fingerprint density at radius 3 is 2.90 bits per heavy atom. The van der Waals surface area contributed by atoms with Crippen LogP contribution in [0.25, 0.3) is 0 Å². The molecule has 0 radical (unpaired) electrons. The van der Waals surface area contributed by atoms with Crippen LogP contribution in [0.15, 0.2) is 0 Å². The van der Waals surface area contributed by atoms with Gasteiger partial charge in [0.15, 0.2) is 0 Å². The first-order valence-electron chi connectivity index (χ1n) is 3.93. The molecule has 1 aliphatic heterocycles. The SMILES string of the molecule is NN1CCC(CCCO)C1. The van der Waals surface area contributed by atoms with E-state index in [2.05, 4.69) is 0 Å². The van der Waals surface area contributed by atoms with Crippen molar-refractivity contribution < 1.29 is 5.11 Å². The molecule has 1 saturated heterocycles. The zero-order valence-electron chi connectivity index (χ0n) is 6.29. The second-order valence-corrected chi connectivity index (χ2v) is 3.02. The van der Waals surface area contributed by atoms with Gasteiger partial charge in [0, 0.05) is 19.7 Å². The van der Waals surface area contributed by atoms with E-state index >= 15 is 0 Å². The summed E-state index contributed by atoms with van der Waals surface area (Å²) >= 11 is 0. The lowest BCUT2D eigenvalue weighted by molar-refractivity contribution is 0.267. The Hall–Kier alpha value is -0.120. The molecule has 1 aliphatic rings. The van der Waals surface area contributed by atoms with Crippen molar-refractivity contribution >= 4 is 0 Å². The van der Waals surface area contributed by atoms with Crippen molar-refractivity contribution in [2.45, 2.75) is 19.3 Å². The number of nitrogens with zero attached hydrogens (tertiary/aromatic N) is 1. The summed E-state index contributed by atoms with van der Waals surface area (Å²) in [6, 6.07) is 0. The average Bonchev–Trinajstić information content (AvgIpc) is 2.31. The lowest BCUT2D eigenvalue weighted by Crippen LogP contribution is -2.27. The van der Waals surface area contributed by atoms with E-state index in [1.807, 2.05) is 5.01 Å². The largest absolute Gasteiger partial charge is 0.396 e. The Morgan fingerprint density at radius 2 is 2.40 bits per heavy atom. The van der Waals surface area contributed by atoms with E-state index in [1.165, 1.54) is 6.42 Å². The number of hydrazine groups is 1. The molecule has 1 heterocycles. The molecule has 0 bridgehead atoms. The van der Waals surface area contributed by atoms with E-state index in [1.54, 1.807) is 0 Å². The van der Waals surface area contributed by atoms with Gasteiger partial charge in [-0.05, 0) is 25.2 Å². The summed E-state index contributed by atoms with van der Waals surface area (Å²) in [7, 11) is 0. The van der Waals surface area contributed by atoms with Crippen LogP contribution in [0.2, 0.25) is 0 Å². The van der Waals surface area contributed by atoms with E-state index in [-0.39, 0.29) is 0 Å². The first-order chi connectivity index (χ1) is 4.83. The molecule has 1 fully saturated rings. The highest BCUT2D eigenvalue weighted by molar-refractivity contribution is 4.71. The van der Waals surface area contributed by atoms with Gasteiger partial charge in [-0.1, -0.05) is 0 Å². The van der Waals surface area contributed by atoms with Gasteiger partial charge in [0.1, 0.15) is 0 Å². The summed E-state index contributed by atoms with van der Waals surface area (Å²) in [4.78, 5) is 0. The molecule has 0 aliphatic carbocycles. The monoisotopic (exact) mass is 144 g/mol. The van der Waals surface area contributed by atoms with E-state index in [0.717, 1.165) is 31.8 Å². The number of hydrogen-bond donors (Lipinski definition) is 2. The topological polar surface area (TPSA) is 49.5 Å². The third kappa shape index (κ3) is 2.25. The molecule has 3 heteroatoms. The van der Waals surface area contributed by atoms with Crippen LogP contribution < -0.4 is 5.84 Å². The van der Waals surface area contributed by atoms with Crippen LogP contribution in [-0.4, -0.2) is 29.8 Å². The van der Waals surface area contributed by atoms with Crippen LogP contribution in [0, 0.1) is 5.92 Å².